The molecule has 5 nitrogen and oxygen atoms in total. The van der Waals surface area contributed by atoms with E-state index < -0.39 is 5.97 Å². The topological polar surface area (TPSA) is 66.8 Å². The monoisotopic (exact) mass is 449 g/mol. The average molecular weight is 450 g/mol. The fourth-order valence-electron chi connectivity index (χ4n) is 4.27. The number of nitrogens with zero attached hydrogens (tertiary/aromatic N) is 1. The fraction of sp³-hybridized carbons (Fsp3) is 0.231. The van der Waals surface area contributed by atoms with E-state index in [4.69, 9.17) is 16.3 Å². The summed E-state index contributed by atoms with van der Waals surface area (Å²) in [6.45, 7) is 3.85. The lowest BCUT2D eigenvalue weighted by Crippen LogP contribution is -2.37. The van der Waals surface area contributed by atoms with Crippen molar-refractivity contribution in [2.75, 3.05) is 4.90 Å². The number of hydrogen-bond acceptors (Lipinski definition) is 3. The Kier molecular flexibility index (Phi) is 6.19. The van der Waals surface area contributed by atoms with E-state index in [1.807, 2.05) is 62.4 Å². The van der Waals surface area contributed by atoms with Crippen molar-refractivity contribution in [3.63, 3.8) is 0 Å². The molecule has 0 bridgehead atoms. The molecule has 0 saturated carbocycles. The minimum Gasteiger partial charge on any atom is -0.486 e. The second-order valence-corrected chi connectivity index (χ2v) is 8.45. The van der Waals surface area contributed by atoms with Gasteiger partial charge in [0.25, 0.3) is 5.91 Å². The quantitative estimate of drug-likeness (QED) is 0.494. The van der Waals surface area contributed by atoms with Crippen LogP contribution in [0.4, 0.5) is 5.69 Å². The number of aliphatic carboxylic acids is 1. The fourth-order valence-corrected chi connectivity index (χ4v) is 4.40. The van der Waals surface area contributed by atoms with E-state index in [1.54, 1.807) is 29.2 Å². The molecule has 3 aromatic carbocycles. The van der Waals surface area contributed by atoms with Gasteiger partial charge in [0.05, 0.1) is 6.42 Å². The third-order valence-electron chi connectivity index (χ3n) is 5.93. The number of benzene rings is 3. The van der Waals surface area contributed by atoms with Crippen LogP contribution in [0.1, 0.15) is 53.8 Å². The van der Waals surface area contributed by atoms with Gasteiger partial charge in [-0.2, -0.15) is 0 Å². The molecule has 0 spiro atoms. The van der Waals surface area contributed by atoms with Gasteiger partial charge in [-0.05, 0) is 67.4 Å². The maximum atomic E-state index is 13.3. The van der Waals surface area contributed by atoms with Crippen molar-refractivity contribution in [2.24, 2.45) is 0 Å². The number of amides is 1. The highest BCUT2D eigenvalue weighted by atomic mass is 35.5. The molecule has 1 aliphatic heterocycles. The number of carboxylic acids is 1. The average Bonchev–Trinajstić information content (AvgIpc) is 3.05. The molecule has 1 aliphatic rings. The van der Waals surface area contributed by atoms with Crippen LogP contribution in [0.25, 0.3) is 0 Å². The van der Waals surface area contributed by atoms with Crippen LogP contribution >= 0.6 is 11.6 Å². The zero-order chi connectivity index (χ0) is 22.8. The van der Waals surface area contributed by atoms with E-state index in [9.17, 15) is 14.7 Å². The summed E-state index contributed by atoms with van der Waals surface area (Å²) >= 11 is 5.97. The maximum Gasteiger partial charge on any atom is 0.304 e. The molecular formula is C26H24ClNO4. The van der Waals surface area contributed by atoms with E-state index in [0.29, 0.717) is 22.0 Å². The lowest BCUT2D eigenvalue weighted by Gasteiger charge is -2.25. The maximum absolute atomic E-state index is 13.3. The van der Waals surface area contributed by atoms with Gasteiger partial charge in [0.2, 0.25) is 0 Å². The molecule has 4 rings (SSSR count). The van der Waals surface area contributed by atoms with Crippen LogP contribution in [0.3, 0.4) is 0 Å². The van der Waals surface area contributed by atoms with Gasteiger partial charge in [0.15, 0.2) is 0 Å². The van der Waals surface area contributed by atoms with Crippen LogP contribution in [0.2, 0.25) is 5.02 Å². The van der Waals surface area contributed by atoms with E-state index in [1.165, 1.54) is 0 Å². The van der Waals surface area contributed by atoms with E-state index in [2.05, 4.69) is 0 Å². The number of carbonyl (C=O) groups excluding carboxylic acids is 1. The lowest BCUT2D eigenvalue weighted by atomic mass is 9.92. The van der Waals surface area contributed by atoms with Crippen molar-refractivity contribution in [1.29, 1.82) is 0 Å². The summed E-state index contributed by atoms with van der Waals surface area (Å²) in [5.41, 5.74) is 3.06. The highest BCUT2D eigenvalue weighted by molar-refractivity contribution is 6.30. The zero-order valence-electron chi connectivity index (χ0n) is 17.9. The van der Waals surface area contributed by atoms with Crippen molar-refractivity contribution in [3.8, 4) is 5.75 Å². The first-order valence-corrected chi connectivity index (χ1v) is 10.9. The van der Waals surface area contributed by atoms with Gasteiger partial charge in [0, 0.05) is 28.2 Å². The number of carbonyl (C=O) groups is 2. The van der Waals surface area contributed by atoms with E-state index in [-0.39, 0.29) is 30.4 Å². The highest BCUT2D eigenvalue weighted by Crippen LogP contribution is 2.45. The largest absolute Gasteiger partial charge is 0.486 e. The number of rotatable bonds is 6. The van der Waals surface area contributed by atoms with Crippen LogP contribution in [0, 0.1) is 0 Å². The Bertz CT molecular complexity index is 1130. The summed E-state index contributed by atoms with van der Waals surface area (Å²) in [6.07, 6.45) is -0.242. The van der Waals surface area contributed by atoms with Crippen molar-refractivity contribution >= 4 is 29.2 Å². The van der Waals surface area contributed by atoms with Gasteiger partial charge < -0.3 is 14.7 Å². The normalized spacial score (nSPS) is 18.2. The molecule has 0 saturated heterocycles. The summed E-state index contributed by atoms with van der Waals surface area (Å²) < 4.78 is 6.14. The molecule has 0 fully saturated rings. The molecule has 3 atom stereocenters. The van der Waals surface area contributed by atoms with Gasteiger partial charge in [-0.15, -0.1) is 0 Å². The Balaban J connectivity index is 1.67. The summed E-state index contributed by atoms with van der Waals surface area (Å²) in [5.74, 6) is -0.787. The second-order valence-electron chi connectivity index (χ2n) is 8.02. The lowest BCUT2D eigenvalue weighted by molar-refractivity contribution is -0.137. The van der Waals surface area contributed by atoms with Crippen molar-refractivity contribution in [1.82, 2.24) is 0 Å². The molecule has 1 amide bonds. The summed E-state index contributed by atoms with van der Waals surface area (Å²) in [4.78, 5) is 26.6. The Morgan fingerprint density at radius 2 is 1.75 bits per heavy atom. The number of ether oxygens (including phenoxy) is 1. The Morgan fingerprint density at radius 3 is 2.41 bits per heavy atom. The molecule has 1 unspecified atom stereocenters. The van der Waals surface area contributed by atoms with Crippen LogP contribution in [0.5, 0.6) is 5.75 Å². The predicted molar refractivity (Wildman–Crippen MR) is 125 cm³/mol. The third kappa shape index (κ3) is 4.34. The number of halogens is 1. The summed E-state index contributed by atoms with van der Waals surface area (Å²) in [5, 5.41) is 10.1. The number of anilines is 1. The van der Waals surface area contributed by atoms with Gasteiger partial charge in [-0.1, -0.05) is 41.9 Å². The second kappa shape index (κ2) is 9.05. The standard InChI is InChI=1S/C26H24ClNO4/c1-16-22(15-25(29)30)23-14-21(32-17(2)18-6-4-3-5-7-18)12-13-24(23)28(16)26(31)19-8-10-20(27)11-9-19/h3-14,16-17,22H,15H2,1-2H3,(H,29,30)/t16-,17?,22-/m1/s1. The molecule has 6 heteroatoms. The first kappa shape index (κ1) is 21.9. The number of fused-ring (bicyclic) bond motifs is 1. The smallest absolute Gasteiger partial charge is 0.304 e. The summed E-state index contributed by atoms with van der Waals surface area (Å²) in [6, 6.07) is 21.8. The minimum atomic E-state index is -0.905. The van der Waals surface area contributed by atoms with Crippen LogP contribution in [-0.4, -0.2) is 23.0 Å². The molecule has 3 aromatic rings. The zero-order valence-corrected chi connectivity index (χ0v) is 18.6. The minimum absolute atomic E-state index is 0.0732. The first-order chi connectivity index (χ1) is 15.3. The molecule has 1 N–H and O–H groups in total. The number of hydrogen-bond donors (Lipinski definition) is 1. The van der Waals surface area contributed by atoms with E-state index in [0.717, 1.165) is 11.1 Å². The van der Waals surface area contributed by atoms with Crippen LogP contribution in [-0.2, 0) is 4.79 Å². The molecule has 32 heavy (non-hydrogen) atoms. The molecule has 0 aromatic heterocycles. The van der Waals surface area contributed by atoms with Crippen LogP contribution < -0.4 is 9.64 Å². The van der Waals surface area contributed by atoms with Crippen LogP contribution in [0.15, 0.2) is 72.8 Å². The highest BCUT2D eigenvalue weighted by Gasteiger charge is 2.40. The Labute approximate surface area is 192 Å². The van der Waals surface area contributed by atoms with Gasteiger partial charge in [-0.25, -0.2) is 0 Å². The molecule has 1 heterocycles. The predicted octanol–water partition coefficient (Wildman–Crippen LogP) is 6.09. The Morgan fingerprint density at radius 1 is 1.06 bits per heavy atom. The van der Waals surface area contributed by atoms with E-state index >= 15 is 0 Å². The molecule has 164 valence electrons. The first-order valence-electron chi connectivity index (χ1n) is 10.5. The van der Waals surface area contributed by atoms with Gasteiger partial charge in [0.1, 0.15) is 11.9 Å². The van der Waals surface area contributed by atoms with Gasteiger partial charge in [-0.3, -0.25) is 9.59 Å². The van der Waals surface area contributed by atoms with Gasteiger partial charge >= 0.3 is 5.97 Å². The third-order valence-corrected chi connectivity index (χ3v) is 6.19. The number of carboxylic acid groups (broad SMARTS) is 1. The van der Waals surface area contributed by atoms with Crippen molar-refractivity contribution in [3.05, 3.63) is 94.5 Å². The molecular weight excluding hydrogens is 426 g/mol. The van der Waals surface area contributed by atoms with Crippen molar-refractivity contribution < 1.29 is 19.4 Å². The molecule has 0 radical (unpaired) electrons. The Hall–Kier alpha value is -3.31. The van der Waals surface area contributed by atoms with Crippen molar-refractivity contribution in [2.45, 2.75) is 38.3 Å². The molecule has 0 aliphatic carbocycles. The summed E-state index contributed by atoms with van der Waals surface area (Å²) in [7, 11) is 0. The SMILES string of the molecule is CC(Oc1ccc2c(c1)[C@H](CC(=O)O)[C@@H](C)N2C(=O)c1ccc(Cl)cc1)c1ccccc1.